The number of nitrogens with one attached hydrogen (secondary N) is 1. The van der Waals surface area contributed by atoms with Crippen molar-refractivity contribution in [1.82, 2.24) is 10.2 Å². The third-order valence-corrected chi connectivity index (χ3v) is 1.99. The van der Waals surface area contributed by atoms with Crippen LogP contribution in [0.3, 0.4) is 0 Å². The fourth-order valence-corrected chi connectivity index (χ4v) is 1.22. The van der Waals surface area contributed by atoms with Gasteiger partial charge >= 0.3 is 0 Å². The SMILES string of the molecule is [CH]NC(=O)C#CCCN1CCOCC1. The summed E-state index contributed by atoms with van der Waals surface area (Å²) in [6, 6.07) is 0. The van der Waals surface area contributed by atoms with Crippen LogP contribution in [0.25, 0.3) is 0 Å². The molecule has 1 heterocycles. The lowest BCUT2D eigenvalue weighted by Crippen LogP contribution is -2.36. The lowest BCUT2D eigenvalue weighted by Gasteiger charge is -2.25. The Balaban J connectivity index is 2.12. The predicted octanol–water partition coefficient (Wildman–Crippen LogP) is -0.503. The molecule has 0 aliphatic carbocycles. The Kier molecular flexibility index (Phi) is 5.05. The van der Waals surface area contributed by atoms with E-state index >= 15 is 0 Å². The highest BCUT2D eigenvalue weighted by Crippen LogP contribution is 1.96. The van der Waals surface area contributed by atoms with Crippen molar-refractivity contribution in [3.63, 3.8) is 0 Å². The molecule has 1 saturated heterocycles. The average Bonchev–Trinajstić information content (AvgIpc) is 2.25. The highest BCUT2D eigenvalue weighted by Gasteiger charge is 2.08. The summed E-state index contributed by atoms with van der Waals surface area (Å²) in [6.07, 6.45) is 0.688. The molecule has 1 aliphatic rings. The molecule has 1 fully saturated rings. The molecule has 0 unspecified atom stereocenters. The molecule has 0 spiro atoms. The number of rotatable bonds is 2. The van der Waals surface area contributed by atoms with Crippen molar-refractivity contribution in [2.24, 2.45) is 0 Å². The maximum atomic E-state index is 10.6. The van der Waals surface area contributed by atoms with Crippen LogP contribution in [0.2, 0.25) is 0 Å². The molecule has 2 radical (unpaired) electrons. The molecule has 4 heteroatoms. The number of hydrogen-bond acceptors (Lipinski definition) is 3. The third-order valence-electron chi connectivity index (χ3n) is 1.99. The minimum Gasteiger partial charge on any atom is -0.379 e. The molecule has 1 rings (SSSR count). The van der Waals surface area contributed by atoms with Gasteiger partial charge in [0.25, 0.3) is 5.91 Å². The van der Waals surface area contributed by atoms with E-state index in [1.807, 2.05) is 5.32 Å². The first-order valence-corrected chi connectivity index (χ1v) is 4.62. The number of morpholine rings is 1. The van der Waals surface area contributed by atoms with E-state index in [2.05, 4.69) is 16.7 Å². The molecule has 0 atom stereocenters. The van der Waals surface area contributed by atoms with Crippen LogP contribution in [0.4, 0.5) is 0 Å². The van der Waals surface area contributed by atoms with E-state index in [1.54, 1.807) is 0 Å². The zero-order valence-electron chi connectivity index (χ0n) is 8.08. The predicted molar refractivity (Wildman–Crippen MR) is 52.1 cm³/mol. The van der Waals surface area contributed by atoms with Crippen molar-refractivity contribution in [3.8, 4) is 11.8 Å². The largest absolute Gasteiger partial charge is 0.379 e. The molecular formula is C10H14N2O2. The van der Waals surface area contributed by atoms with Crippen molar-refractivity contribution in [2.75, 3.05) is 32.8 Å². The van der Waals surface area contributed by atoms with Gasteiger partial charge in [-0.1, -0.05) is 5.92 Å². The first-order valence-electron chi connectivity index (χ1n) is 4.62. The summed E-state index contributed by atoms with van der Waals surface area (Å²) in [6.45, 7) is 4.36. The zero-order valence-corrected chi connectivity index (χ0v) is 8.08. The van der Waals surface area contributed by atoms with Crippen molar-refractivity contribution >= 4 is 5.91 Å². The van der Waals surface area contributed by atoms with Crippen LogP contribution in [0.1, 0.15) is 6.42 Å². The fraction of sp³-hybridized carbons (Fsp3) is 0.600. The first-order chi connectivity index (χ1) is 6.83. The normalized spacial score (nSPS) is 16.9. The third kappa shape index (κ3) is 4.26. The van der Waals surface area contributed by atoms with Gasteiger partial charge in [0.1, 0.15) is 0 Å². The second kappa shape index (κ2) is 6.41. The average molecular weight is 194 g/mol. The Morgan fingerprint density at radius 3 is 2.86 bits per heavy atom. The second-order valence-electron chi connectivity index (χ2n) is 2.98. The fourth-order valence-electron chi connectivity index (χ4n) is 1.22. The van der Waals surface area contributed by atoms with Crippen LogP contribution in [0.5, 0.6) is 0 Å². The van der Waals surface area contributed by atoms with E-state index in [9.17, 15) is 4.79 Å². The topological polar surface area (TPSA) is 41.6 Å². The standard InChI is InChI=1S/C10H14N2O2/c1-11-10(13)4-2-3-5-12-6-8-14-9-7-12/h1H,3,5-9H2,(H,11,13). The van der Waals surface area contributed by atoms with Crippen molar-refractivity contribution < 1.29 is 9.53 Å². The molecule has 14 heavy (non-hydrogen) atoms. The number of carbonyl (C=O) groups excluding carboxylic acids is 1. The highest BCUT2D eigenvalue weighted by molar-refractivity contribution is 5.93. The lowest BCUT2D eigenvalue weighted by atomic mass is 10.3. The van der Waals surface area contributed by atoms with E-state index in [0.29, 0.717) is 6.42 Å². The number of carbonyl (C=O) groups is 1. The molecule has 1 amide bonds. The maximum absolute atomic E-state index is 10.6. The van der Waals surface area contributed by atoms with Crippen molar-refractivity contribution in [1.29, 1.82) is 0 Å². The summed E-state index contributed by atoms with van der Waals surface area (Å²) in [7, 11) is 4.87. The quantitative estimate of drug-likeness (QED) is 0.476. The van der Waals surface area contributed by atoms with Crippen LogP contribution >= 0.6 is 0 Å². The smallest absolute Gasteiger partial charge is 0.296 e. The Bertz CT molecular complexity index is 236. The molecule has 0 aromatic carbocycles. The number of ether oxygens (including phenoxy) is 1. The van der Waals surface area contributed by atoms with Crippen LogP contribution in [-0.4, -0.2) is 43.7 Å². The monoisotopic (exact) mass is 194 g/mol. The van der Waals surface area contributed by atoms with E-state index in [0.717, 1.165) is 32.8 Å². The molecule has 0 aromatic heterocycles. The van der Waals surface area contributed by atoms with Crippen LogP contribution in [-0.2, 0) is 9.53 Å². The molecule has 0 aromatic rings. The Labute approximate surface area is 84.6 Å². The molecule has 1 N–H and O–H groups in total. The summed E-state index contributed by atoms with van der Waals surface area (Å²) in [5.41, 5.74) is 0. The van der Waals surface area contributed by atoms with Crippen LogP contribution < -0.4 is 5.32 Å². The van der Waals surface area contributed by atoms with Gasteiger partial charge in [-0.05, 0) is 5.92 Å². The van der Waals surface area contributed by atoms with Gasteiger partial charge in [0.05, 0.1) is 20.3 Å². The van der Waals surface area contributed by atoms with Gasteiger partial charge in [-0.2, -0.15) is 0 Å². The number of hydrogen-bond donors (Lipinski definition) is 1. The lowest BCUT2D eigenvalue weighted by molar-refractivity contribution is -0.114. The Morgan fingerprint density at radius 2 is 2.21 bits per heavy atom. The van der Waals surface area contributed by atoms with Gasteiger partial charge in [-0.3, -0.25) is 9.69 Å². The molecule has 76 valence electrons. The Morgan fingerprint density at radius 1 is 1.50 bits per heavy atom. The van der Waals surface area contributed by atoms with Crippen LogP contribution in [0, 0.1) is 18.9 Å². The molecular weight excluding hydrogens is 180 g/mol. The maximum Gasteiger partial charge on any atom is 0.296 e. The minimum atomic E-state index is -0.438. The van der Waals surface area contributed by atoms with Crippen molar-refractivity contribution in [2.45, 2.75) is 6.42 Å². The highest BCUT2D eigenvalue weighted by atomic mass is 16.5. The minimum absolute atomic E-state index is 0.438. The number of amides is 1. The van der Waals surface area contributed by atoms with Gasteiger partial charge in [-0.15, -0.1) is 0 Å². The van der Waals surface area contributed by atoms with Crippen LogP contribution in [0.15, 0.2) is 0 Å². The second-order valence-corrected chi connectivity index (χ2v) is 2.98. The van der Waals surface area contributed by atoms with Gasteiger partial charge < -0.3 is 10.1 Å². The molecule has 1 aliphatic heterocycles. The van der Waals surface area contributed by atoms with Gasteiger partial charge in [0.15, 0.2) is 0 Å². The summed E-state index contributed by atoms with van der Waals surface area (Å²) in [4.78, 5) is 12.9. The van der Waals surface area contributed by atoms with Gasteiger partial charge in [0, 0.05) is 26.1 Å². The van der Waals surface area contributed by atoms with E-state index in [-0.39, 0.29) is 0 Å². The molecule has 0 bridgehead atoms. The first kappa shape index (κ1) is 11.0. The summed E-state index contributed by atoms with van der Waals surface area (Å²) in [5, 5.41) is 1.96. The van der Waals surface area contributed by atoms with Gasteiger partial charge in [0.2, 0.25) is 0 Å². The summed E-state index contributed by atoms with van der Waals surface area (Å²) >= 11 is 0. The van der Waals surface area contributed by atoms with E-state index < -0.39 is 5.91 Å². The Hall–Kier alpha value is -1.05. The zero-order chi connectivity index (χ0) is 10.2. The van der Waals surface area contributed by atoms with Gasteiger partial charge in [-0.25, -0.2) is 0 Å². The summed E-state index contributed by atoms with van der Waals surface area (Å²) < 4.78 is 5.20. The summed E-state index contributed by atoms with van der Waals surface area (Å²) in [5.74, 6) is 4.71. The number of nitrogens with zero attached hydrogens (tertiary/aromatic N) is 1. The molecule has 4 nitrogen and oxygen atoms in total. The van der Waals surface area contributed by atoms with E-state index in [4.69, 9.17) is 11.8 Å². The van der Waals surface area contributed by atoms with E-state index in [1.165, 1.54) is 0 Å². The van der Waals surface area contributed by atoms with Crippen molar-refractivity contribution in [3.05, 3.63) is 7.05 Å². The molecule has 0 saturated carbocycles.